The molecular weight excluding hydrogens is 182 g/mol. The minimum Gasteiger partial charge on any atom is -0.466 e. The van der Waals surface area contributed by atoms with Gasteiger partial charge in [0.1, 0.15) is 0 Å². The smallest absolute Gasteiger partial charge is 0.302 e. The number of carbonyl (C=O) groups excluding carboxylic acids is 2. The van der Waals surface area contributed by atoms with Crippen LogP contribution >= 0.6 is 0 Å². The molecule has 0 aliphatic carbocycles. The first-order chi connectivity index (χ1) is 6.59. The number of likely N-dealkylation sites (tertiary alicyclic amines) is 1. The lowest BCUT2D eigenvalue weighted by atomic mass is 9.99. The summed E-state index contributed by atoms with van der Waals surface area (Å²) in [6.45, 7) is 4.99. The highest BCUT2D eigenvalue weighted by molar-refractivity contribution is 5.73. The van der Waals surface area contributed by atoms with Crippen molar-refractivity contribution >= 4 is 11.9 Å². The molecule has 1 saturated heterocycles. The van der Waals surface area contributed by atoms with Crippen LogP contribution in [0.5, 0.6) is 0 Å². The predicted octanol–water partition coefficient (Wildman–Crippen LogP) is 0.808. The molecule has 80 valence electrons. The number of nitrogens with zero attached hydrogens (tertiary/aromatic N) is 1. The summed E-state index contributed by atoms with van der Waals surface area (Å²) in [4.78, 5) is 23.5. The summed E-state index contributed by atoms with van der Waals surface area (Å²) >= 11 is 0. The van der Waals surface area contributed by atoms with Crippen molar-refractivity contribution in [1.82, 2.24) is 4.90 Å². The number of hydrogen-bond donors (Lipinski definition) is 0. The molecule has 0 saturated carbocycles. The molecule has 4 heteroatoms. The summed E-state index contributed by atoms with van der Waals surface area (Å²) in [6.07, 6.45) is 2.04. The van der Waals surface area contributed by atoms with Gasteiger partial charge in [-0.2, -0.15) is 0 Å². The van der Waals surface area contributed by atoms with Crippen molar-refractivity contribution in [1.29, 1.82) is 0 Å². The molecule has 1 unspecified atom stereocenters. The summed E-state index contributed by atoms with van der Waals surface area (Å²) in [5.74, 6) is 0.180. The van der Waals surface area contributed by atoms with E-state index in [1.807, 2.05) is 4.90 Å². The van der Waals surface area contributed by atoms with Crippen molar-refractivity contribution in [2.45, 2.75) is 26.7 Å². The van der Waals surface area contributed by atoms with Crippen LogP contribution in [0.15, 0.2) is 0 Å². The Bertz CT molecular complexity index is 227. The molecule has 1 fully saturated rings. The SMILES string of the molecule is CC(=O)OCC1CCCN(C(C)=O)C1. The Hall–Kier alpha value is -1.06. The molecule has 0 N–H and O–H groups in total. The van der Waals surface area contributed by atoms with Gasteiger partial charge in [-0.3, -0.25) is 9.59 Å². The lowest BCUT2D eigenvalue weighted by Gasteiger charge is -2.31. The minimum atomic E-state index is -0.245. The zero-order valence-electron chi connectivity index (χ0n) is 8.78. The van der Waals surface area contributed by atoms with Crippen molar-refractivity contribution < 1.29 is 14.3 Å². The third-order valence-electron chi connectivity index (χ3n) is 2.49. The van der Waals surface area contributed by atoms with Crippen molar-refractivity contribution in [3.8, 4) is 0 Å². The quantitative estimate of drug-likeness (QED) is 0.618. The van der Waals surface area contributed by atoms with Crippen molar-refractivity contribution in [3.63, 3.8) is 0 Å². The lowest BCUT2D eigenvalue weighted by molar-refractivity contribution is -0.143. The van der Waals surface area contributed by atoms with Crippen LogP contribution in [0.25, 0.3) is 0 Å². The number of esters is 1. The molecule has 1 atom stereocenters. The second-order valence-corrected chi connectivity index (χ2v) is 3.78. The summed E-state index contributed by atoms with van der Waals surface area (Å²) < 4.78 is 4.93. The lowest BCUT2D eigenvalue weighted by Crippen LogP contribution is -2.40. The van der Waals surface area contributed by atoms with Crippen LogP contribution in [-0.4, -0.2) is 36.5 Å². The van der Waals surface area contributed by atoms with Crippen LogP contribution in [0.2, 0.25) is 0 Å². The molecule has 1 aliphatic heterocycles. The molecule has 0 spiro atoms. The second kappa shape index (κ2) is 4.98. The molecule has 0 bridgehead atoms. The Morgan fingerprint density at radius 3 is 2.71 bits per heavy atom. The maximum Gasteiger partial charge on any atom is 0.302 e. The first-order valence-corrected chi connectivity index (χ1v) is 4.98. The first-order valence-electron chi connectivity index (χ1n) is 4.98. The van der Waals surface area contributed by atoms with Crippen molar-refractivity contribution in [2.24, 2.45) is 5.92 Å². The number of amides is 1. The van der Waals surface area contributed by atoms with E-state index in [1.54, 1.807) is 6.92 Å². The molecule has 0 aromatic carbocycles. The average Bonchev–Trinajstić information content (AvgIpc) is 2.15. The maximum absolute atomic E-state index is 11.1. The van der Waals surface area contributed by atoms with Crippen LogP contribution < -0.4 is 0 Å². The van der Waals surface area contributed by atoms with Gasteiger partial charge in [0.15, 0.2) is 0 Å². The van der Waals surface area contributed by atoms with E-state index in [2.05, 4.69) is 0 Å². The molecule has 0 radical (unpaired) electrons. The van der Waals surface area contributed by atoms with Crippen LogP contribution in [0.1, 0.15) is 26.7 Å². The van der Waals surface area contributed by atoms with Gasteiger partial charge in [0, 0.05) is 32.9 Å². The predicted molar refractivity (Wildman–Crippen MR) is 51.6 cm³/mol. The minimum absolute atomic E-state index is 0.109. The van der Waals surface area contributed by atoms with E-state index in [1.165, 1.54) is 6.92 Å². The van der Waals surface area contributed by atoms with Crippen molar-refractivity contribution in [2.75, 3.05) is 19.7 Å². The van der Waals surface area contributed by atoms with Gasteiger partial charge in [0.25, 0.3) is 0 Å². The third-order valence-corrected chi connectivity index (χ3v) is 2.49. The van der Waals surface area contributed by atoms with E-state index in [-0.39, 0.29) is 11.9 Å². The summed E-state index contributed by atoms with van der Waals surface area (Å²) in [5, 5.41) is 0. The van der Waals surface area contributed by atoms with Gasteiger partial charge >= 0.3 is 5.97 Å². The van der Waals surface area contributed by atoms with E-state index < -0.39 is 0 Å². The maximum atomic E-state index is 11.1. The van der Waals surface area contributed by atoms with Gasteiger partial charge < -0.3 is 9.64 Å². The normalized spacial score (nSPS) is 21.9. The molecule has 1 heterocycles. The number of hydrogen-bond acceptors (Lipinski definition) is 3. The Balaban J connectivity index is 2.32. The molecule has 0 aromatic heterocycles. The average molecular weight is 199 g/mol. The van der Waals surface area contributed by atoms with E-state index in [9.17, 15) is 9.59 Å². The standard InChI is InChI=1S/C10H17NO3/c1-8(12)11-5-3-4-10(6-11)7-14-9(2)13/h10H,3-7H2,1-2H3. The van der Waals surface area contributed by atoms with Gasteiger partial charge in [0.05, 0.1) is 6.61 Å². The molecule has 14 heavy (non-hydrogen) atoms. The summed E-state index contributed by atoms with van der Waals surface area (Å²) in [7, 11) is 0. The highest BCUT2D eigenvalue weighted by Gasteiger charge is 2.21. The van der Waals surface area contributed by atoms with Crippen LogP contribution in [0, 0.1) is 5.92 Å². The monoisotopic (exact) mass is 199 g/mol. The zero-order valence-corrected chi connectivity index (χ0v) is 8.78. The topological polar surface area (TPSA) is 46.6 Å². The number of ether oxygens (including phenoxy) is 1. The Morgan fingerprint density at radius 1 is 1.43 bits per heavy atom. The Kier molecular flexibility index (Phi) is 3.92. The van der Waals surface area contributed by atoms with E-state index in [4.69, 9.17) is 4.74 Å². The van der Waals surface area contributed by atoms with E-state index >= 15 is 0 Å². The van der Waals surface area contributed by atoms with Gasteiger partial charge in [-0.15, -0.1) is 0 Å². The van der Waals surface area contributed by atoms with Crippen LogP contribution in [0.4, 0.5) is 0 Å². The first kappa shape index (κ1) is 11.0. The fourth-order valence-electron chi connectivity index (χ4n) is 1.72. The number of piperidine rings is 1. The van der Waals surface area contributed by atoms with Crippen LogP contribution in [0.3, 0.4) is 0 Å². The summed E-state index contributed by atoms with van der Waals surface area (Å²) in [5.41, 5.74) is 0. The molecular formula is C10H17NO3. The number of rotatable bonds is 2. The van der Waals surface area contributed by atoms with Gasteiger partial charge in [0.2, 0.25) is 5.91 Å². The van der Waals surface area contributed by atoms with Gasteiger partial charge in [-0.25, -0.2) is 0 Å². The molecule has 1 amide bonds. The third kappa shape index (κ3) is 3.36. The van der Waals surface area contributed by atoms with Crippen LogP contribution in [-0.2, 0) is 14.3 Å². The molecule has 1 rings (SSSR count). The van der Waals surface area contributed by atoms with E-state index in [0.29, 0.717) is 12.5 Å². The fourth-order valence-corrected chi connectivity index (χ4v) is 1.72. The van der Waals surface area contributed by atoms with E-state index in [0.717, 1.165) is 25.9 Å². The highest BCUT2D eigenvalue weighted by Crippen LogP contribution is 2.16. The van der Waals surface area contributed by atoms with Gasteiger partial charge in [-0.1, -0.05) is 0 Å². The molecule has 0 aromatic rings. The Morgan fingerprint density at radius 2 is 2.14 bits per heavy atom. The second-order valence-electron chi connectivity index (χ2n) is 3.78. The highest BCUT2D eigenvalue weighted by atomic mass is 16.5. The molecule has 1 aliphatic rings. The zero-order chi connectivity index (χ0) is 10.6. The summed E-state index contributed by atoms with van der Waals surface area (Å²) in [6, 6.07) is 0. The van der Waals surface area contributed by atoms with Crippen molar-refractivity contribution in [3.05, 3.63) is 0 Å². The van der Waals surface area contributed by atoms with Gasteiger partial charge in [-0.05, 0) is 12.8 Å². The largest absolute Gasteiger partial charge is 0.466 e. The number of carbonyl (C=O) groups is 2. The Labute approximate surface area is 84.2 Å². The fraction of sp³-hybridized carbons (Fsp3) is 0.800. The molecule has 4 nitrogen and oxygen atoms in total.